The van der Waals surface area contributed by atoms with Gasteiger partial charge >= 0.3 is 0 Å². The minimum absolute atomic E-state index is 0.0370. The normalized spacial score (nSPS) is 9.12. The lowest BCUT2D eigenvalue weighted by atomic mass is 10.4. The Kier molecular flexibility index (Phi) is 1.12. The van der Waals surface area contributed by atoms with Crippen molar-refractivity contribution in [3.63, 3.8) is 0 Å². The largest absolute Gasteiger partial charge is 0.283 e. The molecule has 3 heteroatoms. The van der Waals surface area contributed by atoms with Gasteiger partial charge in [0, 0.05) is 12.3 Å². The molecule has 1 radical (unpaired) electrons. The van der Waals surface area contributed by atoms with Crippen LogP contribution in [0.4, 0.5) is 10.2 Å². The second kappa shape index (κ2) is 1.78. The number of aromatic nitrogens is 1. The van der Waals surface area contributed by atoms with Gasteiger partial charge in [-0.25, -0.2) is 9.37 Å². The molecule has 1 aromatic heterocycles. The van der Waals surface area contributed by atoms with E-state index < -0.39 is 5.82 Å². The highest BCUT2D eigenvalue weighted by atomic mass is 19.1. The van der Waals surface area contributed by atoms with Crippen LogP contribution in [0.3, 0.4) is 0 Å². The van der Waals surface area contributed by atoms with Gasteiger partial charge in [0.05, 0.1) is 0 Å². The van der Waals surface area contributed by atoms with Crippen molar-refractivity contribution in [1.82, 2.24) is 10.7 Å². The standard InChI is InChI=1S/C5H4FN2/c6-4-1-2-8-5(7)3-4/h1-3,7H. The SMILES string of the molecule is [NH]c1cc(F)ccn1. The molecule has 0 aliphatic carbocycles. The number of nitrogens with zero attached hydrogens (tertiary/aromatic N) is 1. The molecular formula is C5H4FN2. The highest BCUT2D eigenvalue weighted by Crippen LogP contribution is 1.99. The fraction of sp³-hybridized carbons (Fsp3) is 0. The van der Waals surface area contributed by atoms with Gasteiger partial charge in [-0.05, 0) is 6.07 Å². The molecule has 8 heavy (non-hydrogen) atoms. The van der Waals surface area contributed by atoms with Crippen LogP contribution < -0.4 is 5.73 Å². The van der Waals surface area contributed by atoms with Crippen LogP contribution in [0.15, 0.2) is 18.3 Å². The van der Waals surface area contributed by atoms with E-state index >= 15 is 0 Å². The van der Waals surface area contributed by atoms with E-state index in [0.717, 1.165) is 6.07 Å². The Morgan fingerprint density at radius 2 is 2.38 bits per heavy atom. The van der Waals surface area contributed by atoms with Gasteiger partial charge in [-0.2, -0.15) is 0 Å². The first kappa shape index (κ1) is 5.03. The monoisotopic (exact) mass is 111 g/mol. The molecular weight excluding hydrogens is 107 g/mol. The first-order valence-corrected chi connectivity index (χ1v) is 2.12. The molecule has 1 rings (SSSR count). The molecule has 0 aliphatic heterocycles. The van der Waals surface area contributed by atoms with Gasteiger partial charge in [-0.1, -0.05) is 0 Å². The molecule has 1 aromatic rings. The van der Waals surface area contributed by atoms with E-state index in [1.807, 2.05) is 0 Å². The summed E-state index contributed by atoms with van der Waals surface area (Å²) in [4.78, 5) is 3.47. The van der Waals surface area contributed by atoms with Gasteiger partial charge in [-0.15, -0.1) is 0 Å². The molecule has 0 amide bonds. The maximum absolute atomic E-state index is 12.0. The molecule has 2 nitrogen and oxygen atoms in total. The van der Waals surface area contributed by atoms with Gasteiger partial charge in [0.2, 0.25) is 0 Å². The summed E-state index contributed by atoms with van der Waals surface area (Å²) >= 11 is 0. The van der Waals surface area contributed by atoms with Crippen LogP contribution in [0.25, 0.3) is 0 Å². The van der Waals surface area contributed by atoms with Crippen molar-refractivity contribution < 1.29 is 4.39 Å². The smallest absolute Gasteiger partial charge is 0.147 e. The summed E-state index contributed by atoms with van der Waals surface area (Å²) in [5.41, 5.74) is 6.78. The van der Waals surface area contributed by atoms with Crippen LogP contribution in [0, 0.1) is 5.82 Å². The van der Waals surface area contributed by atoms with Gasteiger partial charge in [0.1, 0.15) is 11.6 Å². The highest BCUT2D eigenvalue weighted by molar-refractivity contribution is 5.21. The maximum Gasteiger partial charge on any atom is 0.147 e. The molecule has 0 unspecified atom stereocenters. The number of rotatable bonds is 0. The van der Waals surface area contributed by atoms with Crippen molar-refractivity contribution >= 4 is 5.82 Å². The first-order valence-electron chi connectivity index (χ1n) is 2.12. The second-order valence-corrected chi connectivity index (χ2v) is 1.36. The average molecular weight is 111 g/mol. The minimum atomic E-state index is -0.412. The number of pyridine rings is 1. The van der Waals surface area contributed by atoms with Crippen molar-refractivity contribution in [1.29, 1.82) is 0 Å². The zero-order valence-corrected chi connectivity index (χ0v) is 4.06. The number of hydrogen-bond donors (Lipinski definition) is 0. The van der Waals surface area contributed by atoms with Crippen molar-refractivity contribution in [2.45, 2.75) is 0 Å². The van der Waals surface area contributed by atoms with Crippen LogP contribution >= 0.6 is 0 Å². The topological polar surface area (TPSA) is 36.7 Å². The van der Waals surface area contributed by atoms with Crippen molar-refractivity contribution in [2.24, 2.45) is 0 Å². The molecule has 0 aliphatic rings. The molecule has 0 saturated heterocycles. The first-order chi connectivity index (χ1) is 3.79. The second-order valence-electron chi connectivity index (χ2n) is 1.36. The summed E-state index contributed by atoms with van der Waals surface area (Å²) in [5, 5.41) is 0. The summed E-state index contributed by atoms with van der Waals surface area (Å²) in [6, 6.07) is 2.26. The van der Waals surface area contributed by atoms with Crippen LogP contribution in [-0.4, -0.2) is 4.98 Å². The fourth-order valence-corrected chi connectivity index (χ4v) is 0.405. The third-order valence-electron chi connectivity index (χ3n) is 0.722. The van der Waals surface area contributed by atoms with Crippen LogP contribution in [0.2, 0.25) is 0 Å². The Labute approximate surface area is 46.2 Å². The van der Waals surface area contributed by atoms with Crippen molar-refractivity contribution in [3.05, 3.63) is 24.1 Å². The molecule has 41 valence electrons. The van der Waals surface area contributed by atoms with Crippen LogP contribution in [0.5, 0.6) is 0 Å². The Hall–Kier alpha value is -1.12. The summed E-state index contributed by atoms with van der Waals surface area (Å²) in [6.45, 7) is 0. The van der Waals surface area contributed by atoms with E-state index in [0.29, 0.717) is 0 Å². The van der Waals surface area contributed by atoms with Gasteiger partial charge in [0.15, 0.2) is 0 Å². The Bertz CT molecular complexity index is 170. The van der Waals surface area contributed by atoms with E-state index in [-0.39, 0.29) is 5.82 Å². The molecule has 0 aromatic carbocycles. The number of halogens is 1. The third-order valence-corrected chi connectivity index (χ3v) is 0.722. The molecule has 0 saturated carbocycles. The van der Waals surface area contributed by atoms with E-state index in [9.17, 15) is 4.39 Å². The maximum atomic E-state index is 12.0. The Morgan fingerprint density at radius 3 is 2.75 bits per heavy atom. The molecule has 0 fully saturated rings. The molecule has 1 N–H and O–H groups in total. The zero-order chi connectivity index (χ0) is 5.98. The predicted molar refractivity (Wildman–Crippen MR) is 27.0 cm³/mol. The van der Waals surface area contributed by atoms with Gasteiger partial charge in [0.25, 0.3) is 0 Å². The average Bonchev–Trinajstić information content (AvgIpc) is 1.64. The van der Waals surface area contributed by atoms with Crippen molar-refractivity contribution in [3.8, 4) is 0 Å². The molecule has 1 heterocycles. The summed E-state index contributed by atoms with van der Waals surface area (Å²) in [7, 11) is 0. The van der Waals surface area contributed by atoms with Gasteiger partial charge in [-0.3, -0.25) is 5.73 Å². The third kappa shape index (κ3) is 0.932. The number of hydrogen-bond acceptors (Lipinski definition) is 1. The zero-order valence-electron chi connectivity index (χ0n) is 4.06. The van der Waals surface area contributed by atoms with E-state index in [4.69, 9.17) is 5.73 Å². The molecule has 0 atom stereocenters. The highest BCUT2D eigenvalue weighted by Gasteiger charge is 1.87. The quantitative estimate of drug-likeness (QED) is 0.494. The Balaban J connectivity index is 3.08. The summed E-state index contributed by atoms with van der Waals surface area (Å²) in [6.07, 6.45) is 1.26. The Morgan fingerprint density at radius 1 is 1.62 bits per heavy atom. The van der Waals surface area contributed by atoms with E-state index in [1.165, 1.54) is 12.3 Å². The van der Waals surface area contributed by atoms with Crippen LogP contribution in [0.1, 0.15) is 0 Å². The van der Waals surface area contributed by atoms with Crippen molar-refractivity contribution in [2.75, 3.05) is 0 Å². The predicted octanol–water partition coefficient (Wildman–Crippen LogP) is 1.14. The minimum Gasteiger partial charge on any atom is -0.283 e. The fourth-order valence-electron chi connectivity index (χ4n) is 0.405. The molecule has 0 bridgehead atoms. The van der Waals surface area contributed by atoms with E-state index in [1.54, 1.807) is 0 Å². The van der Waals surface area contributed by atoms with Gasteiger partial charge < -0.3 is 0 Å². The lowest BCUT2D eigenvalue weighted by Crippen LogP contribution is -1.77. The van der Waals surface area contributed by atoms with E-state index in [2.05, 4.69) is 4.98 Å². The number of nitrogens with one attached hydrogen (secondary N) is 1. The summed E-state index contributed by atoms with van der Waals surface area (Å²) in [5.74, 6) is -0.449. The lowest BCUT2D eigenvalue weighted by Gasteiger charge is -1.85. The molecule has 0 spiro atoms. The van der Waals surface area contributed by atoms with Crippen LogP contribution in [-0.2, 0) is 0 Å². The summed E-state index contributed by atoms with van der Waals surface area (Å²) < 4.78 is 12.0. The lowest BCUT2D eigenvalue weighted by molar-refractivity contribution is 0.626.